The number of amides is 6. The molecule has 0 unspecified atom stereocenters. The third-order valence-corrected chi connectivity index (χ3v) is 11.2. The van der Waals surface area contributed by atoms with Gasteiger partial charge in [-0.15, -0.1) is 0 Å². The Balaban J connectivity index is 1.32. The first-order chi connectivity index (χ1) is 26.4. The van der Waals surface area contributed by atoms with Crippen molar-refractivity contribution in [2.75, 3.05) is 19.6 Å². The van der Waals surface area contributed by atoms with Crippen molar-refractivity contribution in [2.24, 2.45) is 5.92 Å². The number of nitrogens with zero attached hydrogens (tertiary/aromatic N) is 3. The Bertz CT molecular complexity index is 1760. The SMILES string of the molecule is C[C@H]1C[C@H]2C(=O)O[C@@H](C)[C@H](NC(=O)[C@H](Cc3ccccc3)NC(=O)Cc3ccccc3)C(=O)N3CCC[C@H]3C(=O)N3CCCC[C@H]3C(=O)N[C@@H](C)C(=O)N2C1. The van der Waals surface area contributed by atoms with E-state index < -0.39 is 77.9 Å². The molecule has 8 atom stereocenters. The van der Waals surface area contributed by atoms with Crippen molar-refractivity contribution >= 4 is 41.4 Å². The van der Waals surface area contributed by atoms with Crippen LogP contribution in [0.4, 0.5) is 0 Å². The molecule has 4 heterocycles. The number of fused-ring (bicyclic) bond motifs is 3. The Kier molecular flexibility index (Phi) is 12.5. The fourth-order valence-corrected chi connectivity index (χ4v) is 8.31. The molecule has 4 aliphatic rings. The van der Waals surface area contributed by atoms with E-state index in [1.807, 2.05) is 67.6 Å². The molecule has 4 saturated heterocycles. The first-order valence-electron chi connectivity index (χ1n) is 19.5. The molecule has 14 heteroatoms. The number of cyclic esters (lactones) is 1. The molecule has 0 bridgehead atoms. The lowest BCUT2D eigenvalue weighted by Crippen LogP contribution is -2.63. The van der Waals surface area contributed by atoms with Crippen LogP contribution in [0.2, 0.25) is 0 Å². The van der Waals surface area contributed by atoms with E-state index in [0.717, 1.165) is 11.1 Å². The average Bonchev–Trinajstić information content (AvgIpc) is 3.83. The summed E-state index contributed by atoms with van der Waals surface area (Å²) >= 11 is 0. The quantitative estimate of drug-likeness (QED) is 0.357. The molecule has 0 radical (unpaired) electrons. The number of ether oxygens (including phenoxy) is 1. The minimum atomic E-state index is -1.44. The summed E-state index contributed by atoms with van der Waals surface area (Å²) < 4.78 is 5.96. The summed E-state index contributed by atoms with van der Waals surface area (Å²) in [5.74, 6) is -3.77. The molecule has 6 amide bonds. The highest BCUT2D eigenvalue weighted by Crippen LogP contribution is 2.28. The molecule has 55 heavy (non-hydrogen) atoms. The molecule has 0 aliphatic carbocycles. The largest absolute Gasteiger partial charge is 0.458 e. The van der Waals surface area contributed by atoms with Gasteiger partial charge in [-0.2, -0.15) is 0 Å². The predicted octanol–water partition coefficient (Wildman–Crippen LogP) is 1.50. The molecule has 294 valence electrons. The van der Waals surface area contributed by atoms with E-state index in [1.165, 1.54) is 21.6 Å². The van der Waals surface area contributed by atoms with Gasteiger partial charge in [0.15, 0.2) is 0 Å². The molecule has 4 aliphatic heterocycles. The van der Waals surface area contributed by atoms with Crippen LogP contribution in [0.3, 0.4) is 0 Å². The van der Waals surface area contributed by atoms with Crippen molar-refractivity contribution < 1.29 is 38.3 Å². The van der Waals surface area contributed by atoms with Crippen LogP contribution in [0, 0.1) is 5.92 Å². The molecule has 6 rings (SSSR count). The highest BCUT2D eigenvalue weighted by Gasteiger charge is 2.47. The van der Waals surface area contributed by atoms with Gasteiger partial charge >= 0.3 is 5.97 Å². The lowest BCUT2D eigenvalue weighted by atomic mass is 9.99. The van der Waals surface area contributed by atoms with Gasteiger partial charge in [-0.05, 0) is 69.4 Å². The summed E-state index contributed by atoms with van der Waals surface area (Å²) in [5, 5.41) is 8.46. The molecule has 3 N–H and O–H groups in total. The van der Waals surface area contributed by atoms with E-state index in [9.17, 15) is 33.6 Å². The number of nitrogens with one attached hydrogen (secondary N) is 3. The first-order valence-corrected chi connectivity index (χ1v) is 19.5. The van der Waals surface area contributed by atoms with Crippen LogP contribution in [0.25, 0.3) is 0 Å². The predicted molar refractivity (Wildman–Crippen MR) is 201 cm³/mol. The van der Waals surface area contributed by atoms with Crippen molar-refractivity contribution in [1.29, 1.82) is 0 Å². The zero-order chi connectivity index (χ0) is 39.2. The number of piperidine rings is 1. The summed E-state index contributed by atoms with van der Waals surface area (Å²) in [6, 6.07) is 12.0. The van der Waals surface area contributed by atoms with Gasteiger partial charge in [0.1, 0.15) is 42.4 Å². The van der Waals surface area contributed by atoms with E-state index in [-0.39, 0.29) is 37.8 Å². The molecule has 0 spiro atoms. The van der Waals surface area contributed by atoms with Gasteiger partial charge in [0.25, 0.3) is 0 Å². The number of rotatable bonds is 7. The van der Waals surface area contributed by atoms with Gasteiger partial charge in [-0.3, -0.25) is 28.8 Å². The lowest BCUT2D eigenvalue weighted by Gasteiger charge is -2.39. The van der Waals surface area contributed by atoms with E-state index in [2.05, 4.69) is 16.0 Å². The minimum absolute atomic E-state index is 0.0243. The maximum Gasteiger partial charge on any atom is 0.329 e. The summed E-state index contributed by atoms with van der Waals surface area (Å²) in [7, 11) is 0. The van der Waals surface area contributed by atoms with Crippen molar-refractivity contribution in [3.05, 3.63) is 71.8 Å². The fourth-order valence-electron chi connectivity index (χ4n) is 8.31. The van der Waals surface area contributed by atoms with Gasteiger partial charge in [0.05, 0.1) is 6.42 Å². The summed E-state index contributed by atoms with van der Waals surface area (Å²) in [5.41, 5.74) is 1.53. The van der Waals surface area contributed by atoms with Crippen LogP contribution in [0.15, 0.2) is 60.7 Å². The van der Waals surface area contributed by atoms with E-state index >= 15 is 0 Å². The van der Waals surface area contributed by atoms with Crippen molar-refractivity contribution in [3.63, 3.8) is 0 Å². The number of carbonyl (C=O) groups excluding carboxylic acids is 7. The monoisotopic (exact) mass is 756 g/mol. The maximum absolute atomic E-state index is 14.7. The number of hydrogen-bond acceptors (Lipinski definition) is 8. The standard InChI is InChI=1S/C41H52N6O8/c1-25-21-33-41(54)55-27(3)35(44-36(49)30(22-28-13-6-4-7-14-28)43-34(48)23-29-15-8-5-9-16-29)40(53)46-20-12-18-32(46)39(52)45-19-11-10-17-31(45)37(50)42-26(2)38(51)47(33)24-25/h4-9,13-16,25-27,30-33,35H,10-12,17-24H2,1-3H3,(H,42,50)(H,43,48)(H,44,49)/t25-,26-,27-,30-,31-,32-,33-,35-/m0/s1. The second-order valence-electron chi connectivity index (χ2n) is 15.4. The van der Waals surface area contributed by atoms with Gasteiger partial charge in [-0.25, -0.2) is 4.79 Å². The zero-order valence-electron chi connectivity index (χ0n) is 31.8. The minimum Gasteiger partial charge on any atom is -0.458 e. The Labute approximate surface area is 321 Å². The van der Waals surface area contributed by atoms with Crippen LogP contribution >= 0.6 is 0 Å². The van der Waals surface area contributed by atoms with Crippen LogP contribution in [0.5, 0.6) is 0 Å². The molecular weight excluding hydrogens is 704 g/mol. The molecule has 4 fully saturated rings. The highest BCUT2D eigenvalue weighted by molar-refractivity contribution is 5.98. The summed E-state index contributed by atoms with van der Waals surface area (Å²) in [6.07, 6.45) is 1.89. The Hall–Kier alpha value is -5.27. The van der Waals surface area contributed by atoms with Crippen molar-refractivity contribution in [2.45, 2.75) is 114 Å². The molecule has 2 aromatic carbocycles. The molecular formula is C41H52N6O8. The lowest BCUT2D eigenvalue weighted by molar-refractivity contribution is -0.163. The molecule has 0 aromatic heterocycles. The number of esters is 1. The van der Waals surface area contributed by atoms with E-state index in [4.69, 9.17) is 4.74 Å². The smallest absolute Gasteiger partial charge is 0.329 e. The molecule has 2 aromatic rings. The van der Waals surface area contributed by atoms with Crippen molar-refractivity contribution in [3.8, 4) is 0 Å². The van der Waals surface area contributed by atoms with Gasteiger partial charge in [0, 0.05) is 26.1 Å². The molecule has 14 nitrogen and oxygen atoms in total. The van der Waals surface area contributed by atoms with Gasteiger partial charge in [0.2, 0.25) is 35.4 Å². The normalized spacial score (nSPS) is 28.4. The van der Waals surface area contributed by atoms with Crippen LogP contribution < -0.4 is 16.0 Å². The second-order valence-corrected chi connectivity index (χ2v) is 15.4. The van der Waals surface area contributed by atoms with E-state index in [1.54, 1.807) is 6.92 Å². The van der Waals surface area contributed by atoms with Crippen molar-refractivity contribution in [1.82, 2.24) is 30.7 Å². The second kappa shape index (κ2) is 17.5. The highest BCUT2D eigenvalue weighted by atomic mass is 16.5. The summed E-state index contributed by atoms with van der Waals surface area (Å²) in [4.78, 5) is 102. The van der Waals surface area contributed by atoms with Crippen LogP contribution in [-0.2, 0) is 51.1 Å². The fraction of sp³-hybridized carbons (Fsp3) is 0.537. The van der Waals surface area contributed by atoms with Crippen LogP contribution in [-0.4, -0.2) is 118 Å². The third-order valence-electron chi connectivity index (χ3n) is 11.2. The Morgan fingerprint density at radius 1 is 0.764 bits per heavy atom. The zero-order valence-corrected chi connectivity index (χ0v) is 31.8. The number of carbonyl (C=O) groups is 7. The van der Waals surface area contributed by atoms with E-state index in [0.29, 0.717) is 45.1 Å². The van der Waals surface area contributed by atoms with Crippen LogP contribution in [0.1, 0.15) is 70.4 Å². The summed E-state index contributed by atoms with van der Waals surface area (Å²) in [6.45, 7) is 5.78. The first kappa shape index (κ1) is 39.4. The Morgan fingerprint density at radius 2 is 1.40 bits per heavy atom. The molecule has 0 saturated carbocycles. The Morgan fingerprint density at radius 3 is 2.11 bits per heavy atom. The third kappa shape index (κ3) is 9.17. The topological polar surface area (TPSA) is 175 Å². The average molecular weight is 757 g/mol. The maximum atomic E-state index is 14.7. The number of hydrogen-bond donors (Lipinski definition) is 3. The number of benzene rings is 2. The van der Waals surface area contributed by atoms with Gasteiger partial charge in [-0.1, -0.05) is 67.6 Å². The van der Waals surface area contributed by atoms with Gasteiger partial charge < -0.3 is 35.4 Å².